The second-order valence-corrected chi connectivity index (χ2v) is 6.21. The zero-order valence-corrected chi connectivity index (χ0v) is 13.9. The second-order valence-electron chi connectivity index (χ2n) is 5.26. The molecule has 1 N–H and O–H groups in total. The summed E-state index contributed by atoms with van der Waals surface area (Å²) in [6.45, 7) is 1.98. The van der Waals surface area contributed by atoms with Crippen LogP contribution in [0.4, 0.5) is 10.1 Å². The molecule has 122 valence electrons. The molecule has 1 amide bonds. The predicted octanol–water partition coefficient (Wildman–Crippen LogP) is 4.05. The first kappa shape index (κ1) is 16.3. The van der Waals surface area contributed by atoms with E-state index in [0.29, 0.717) is 5.16 Å². The fraction of sp³-hybridized carbons (Fsp3) is 0.111. The minimum Gasteiger partial charge on any atom is -0.325 e. The van der Waals surface area contributed by atoms with Gasteiger partial charge in [0.25, 0.3) is 0 Å². The Kier molecular flexibility index (Phi) is 4.96. The standard InChI is InChI=1S/C18H16FN3OS/c1-13-3-2-4-15(11-13)21-17(23)12-24-18-20-9-10-22(18)16-7-5-14(19)6-8-16/h2-11H,12H2,1H3,(H,21,23). The molecular weight excluding hydrogens is 325 g/mol. The van der Waals surface area contributed by atoms with Crippen molar-refractivity contribution in [2.45, 2.75) is 12.1 Å². The highest BCUT2D eigenvalue weighted by Gasteiger charge is 2.09. The number of aromatic nitrogens is 2. The Morgan fingerprint density at radius 1 is 1.25 bits per heavy atom. The lowest BCUT2D eigenvalue weighted by Gasteiger charge is -2.08. The SMILES string of the molecule is Cc1cccc(NC(=O)CSc2nccn2-c2ccc(F)cc2)c1. The van der Waals surface area contributed by atoms with E-state index >= 15 is 0 Å². The van der Waals surface area contributed by atoms with Gasteiger partial charge in [-0.3, -0.25) is 9.36 Å². The molecule has 3 rings (SSSR count). The topological polar surface area (TPSA) is 46.9 Å². The third-order valence-electron chi connectivity index (χ3n) is 3.35. The lowest BCUT2D eigenvalue weighted by atomic mass is 10.2. The molecular formula is C18H16FN3OS. The number of thioether (sulfide) groups is 1. The number of hydrogen-bond donors (Lipinski definition) is 1. The van der Waals surface area contributed by atoms with Gasteiger partial charge >= 0.3 is 0 Å². The number of hydrogen-bond acceptors (Lipinski definition) is 3. The van der Waals surface area contributed by atoms with Crippen molar-refractivity contribution in [3.8, 4) is 5.69 Å². The Morgan fingerprint density at radius 3 is 2.79 bits per heavy atom. The molecule has 0 saturated heterocycles. The molecule has 1 aromatic heterocycles. The van der Waals surface area contributed by atoms with Gasteiger partial charge in [0.2, 0.25) is 5.91 Å². The van der Waals surface area contributed by atoms with Crippen molar-refractivity contribution >= 4 is 23.4 Å². The molecule has 0 saturated carbocycles. The summed E-state index contributed by atoms with van der Waals surface area (Å²) >= 11 is 1.33. The molecule has 6 heteroatoms. The number of nitrogens with zero attached hydrogens (tertiary/aromatic N) is 2. The first-order chi connectivity index (χ1) is 11.6. The highest BCUT2D eigenvalue weighted by atomic mass is 32.2. The molecule has 0 aliphatic carbocycles. The van der Waals surface area contributed by atoms with Crippen LogP contribution in [0, 0.1) is 12.7 Å². The van der Waals surface area contributed by atoms with Gasteiger partial charge in [-0.05, 0) is 48.9 Å². The Balaban J connectivity index is 1.64. The van der Waals surface area contributed by atoms with E-state index in [9.17, 15) is 9.18 Å². The first-order valence-corrected chi connectivity index (χ1v) is 8.39. The minimum absolute atomic E-state index is 0.0979. The van der Waals surface area contributed by atoms with Gasteiger partial charge in [-0.15, -0.1) is 0 Å². The summed E-state index contributed by atoms with van der Waals surface area (Å²) in [4.78, 5) is 16.4. The van der Waals surface area contributed by atoms with Crippen molar-refractivity contribution in [2.75, 3.05) is 11.1 Å². The number of rotatable bonds is 5. The average molecular weight is 341 g/mol. The summed E-state index contributed by atoms with van der Waals surface area (Å²) in [6, 6.07) is 13.8. The van der Waals surface area contributed by atoms with Crippen LogP contribution >= 0.6 is 11.8 Å². The van der Waals surface area contributed by atoms with Gasteiger partial charge in [0.15, 0.2) is 5.16 Å². The molecule has 0 fully saturated rings. The summed E-state index contributed by atoms with van der Waals surface area (Å²) in [6.07, 6.45) is 3.44. The van der Waals surface area contributed by atoms with Crippen LogP contribution in [0.1, 0.15) is 5.56 Å². The number of imidazole rings is 1. The van der Waals surface area contributed by atoms with E-state index in [1.165, 1.54) is 23.9 Å². The van der Waals surface area contributed by atoms with Crippen LogP contribution in [0.5, 0.6) is 0 Å². The van der Waals surface area contributed by atoms with Crippen molar-refractivity contribution in [1.29, 1.82) is 0 Å². The third-order valence-corrected chi connectivity index (χ3v) is 4.31. The largest absolute Gasteiger partial charge is 0.325 e. The van der Waals surface area contributed by atoms with Crippen molar-refractivity contribution in [3.63, 3.8) is 0 Å². The molecule has 3 aromatic rings. The van der Waals surface area contributed by atoms with Gasteiger partial charge in [0, 0.05) is 23.8 Å². The van der Waals surface area contributed by atoms with E-state index in [1.54, 1.807) is 24.5 Å². The minimum atomic E-state index is -0.286. The summed E-state index contributed by atoms with van der Waals surface area (Å²) in [5.74, 6) is -0.142. The molecule has 0 atom stereocenters. The summed E-state index contributed by atoms with van der Waals surface area (Å²) in [5, 5.41) is 3.55. The lowest BCUT2D eigenvalue weighted by Crippen LogP contribution is -2.14. The molecule has 0 spiro atoms. The van der Waals surface area contributed by atoms with E-state index in [4.69, 9.17) is 0 Å². The maximum atomic E-state index is 13.0. The Bertz CT molecular complexity index is 845. The molecule has 0 aliphatic rings. The van der Waals surface area contributed by atoms with Crippen LogP contribution in [-0.4, -0.2) is 21.2 Å². The highest BCUT2D eigenvalue weighted by Crippen LogP contribution is 2.21. The van der Waals surface area contributed by atoms with E-state index in [0.717, 1.165) is 16.9 Å². The highest BCUT2D eigenvalue weighted by molar-refractivity contribution is 7.99. The van der Waals surface area contributed by atoms with Crippen LogP contribution in [-0.2, 0) is 4.79 Å². The number of carbonyl (C=O) groups is 1. The second kappa shape index (κ2) is 7.31. The Morgan fingerprint density at radius 2 is 2.04 bits per heavy atom. The van der Waals surface area contributed by atoms with E-state index in [1.807, 2.05) is 35.8 Å². The number of aryl methyl sites for hydroxylation is 1. The maximum Gasteiger partial charge on any atom is 0.234 e. The molecule has 0 aliphatic heterocycles. The molecule has 2 aromatic carbocycles. The van der Waals surface area contributed by atoms with E-state index < -0.39 is 0 Å². The average Bonchev–Trinajstić information content (AvgIpc) is 3.02. The predicted molar refractivity (Wildman–Crippen MR) is 94.1 cm³/mol. The van der Waals surface area contributed by atoms with Gasteiger partial charge in [-0.25, -0.2) is 9.37 Å². The molecule has 0 radical (unpaired) electrons. The van der Waals surface area contributed by atoms with Crippen LogP contribution in [0.15, 0.2) is 66.1 Å². The van der Waals surface area contributed by atoms with Crippen LogP contribution < -0.4 is 5.32 Å². The lowest BCUT2D eigenvalue weighted by molar-refractivity contribution is -0.113. The monoisotopic (exact) mass is 341 g/mol. The first-order valence-electron chi connectivity index (χ1n) is 7.40. The van der Waals surface area contributed by atoms with E-state index in [2.05, 4.69) is 10.3 Å². The Labute approximate surface area is 143 Å². The fourth-order valence-electron chi connectivity index (χ4n) is 2.24. The molecule has 24 heavy (non-hydrogen) atoms. The van der Waals surface area contributed by atoms with Crippen LogP contribution in [0.25, 0.3) is 5.69 Å². The van der Waals surface area contributed by atoms with Gasteiger partial charge in [-0.1, -0.05) is 23.9 Å². The summed E-state index contributed by atoms with van der Waals surface area (Å²) < 4.78 is 14.9. The molecule has 4 nitrogen and oxygen atoms in total. The third kappa shape index (κ3) is 4.02. The van der Waals surface area contributed by atoms with Gasteiger partial charge in [0.05, 0.1) is 5.75 Å². The fourth-order valence-corrected chi connectivity index (χ4v) is 3.02. The van der Waals surface area contributed by atoms with E-state index in [-0.39, 0.29) is 17.5 Å². The zero-order chi connectivity index (χ0) is 16.9. The van der Waals surface area contributed by atoms with Crippen LogP contribution in [0.3, 0.4) is 0 Å². The number of nitrogens with one attached hydrogen (secondary N) is 1. The number of anilines is 1. The van der Waals surface area contributed by atoms with Gasteiger partial charge in [-0.2, -0.15) is 0 Å². The number of carbonyl (C=O) groups excluding carboxylic acids is 1. The smallest absolute Gasteiger partial charge is 0.234 e. The quantitative estimate of drug-likeness (QED) is 0.712. The van der Waals surface area contributed by atoms with Crippen LogP contribution in [0.2, 0.25) is 0 Å². The molecule has 0 unspecified atom stereocenters. The van der Waals surface area contributed by atoms with Crippen molar-refractivity contribution in [1.82, 2.24) is 9.55 Å². The number of amides is 1. The van der Waals surface area contributed by atoms with Crippen molar-refractivity contribution in [3.05, 3.63) is 72.3 Å². The summed E-state index contributed by atoms with van der Waals surface area (Å²) in [5.41, 5.74) is 2.67. The van der Waals surface area contributed by atoms with Gasteiger partial charge in [0.1, 0.15) is 5.82 Å². The Hall–Kier alpha value is -2.60. The molecule has 0 bridgehead atoms. The van der Waals surface area contributed by atoms with Gasteiger partial charge < -0.3 is 5.32 Å². The summed E-state index contributed by atoms with van der Waals surface area (Å²) in [7, 11) is 0. The normalized spacial score (nSPS) is 10.6. The molecule has 1 heterocycles. The van der Waals surface area contributed by atoms with Crippen molar-refractivity contribution < 1.29 is 9.18 Å². The number of benzene rings is 2. The van der Waals surface area contributed by atoms with Crippen molar-refractivity contribution in [2.24, 2.45) is 0 Å². The number of halogens is 1. The maximum absolute atomic E-state index is 13.0. The zero-order valence-electron chi connectivity index (χ0n) is 13.1.